The normalized spacial score (nSPS) is 12.0. The fourth-order valence-electron chi connectivity index (χ4n) is 1.14. The summed E-state index contributed by atoms with van der Waals surface area (Å²) in [7, 11) is 3.26. The number of ether oxygens (including phenoxy) is 1. The van der Waals surface area contributed by atoms with Gasteiger partial charge in [-0.25, -0.2) is 4.39 Å². The van der Waals surface area contributed by atoms with Crippen LogP contribution in [-0.2, 0) is 4.79 Å². The molecular weight excluding hydrogens is 197 g/mol. The molecule has 0 spiro atoms. The van der Waals surface area contributed by atoms with Crippen molar-refractivity contribution in [3.63, 3.8) is 0 Å². The highest BCUT2D eigenvalue weighted by atomic mass is 19.1. The molecule has 1 atom stereocenters. The molecule has 0 fully saturated rings. The van der Waals surface area contributed by atoms with Gasteiger partial charge in [-0.15, -0.1) is 0 Å². The second-order valence-corrected chi connectivity index (χ2v) is 3.42. The van der Waals surface area contributed by atoms with Gasteiger partial charge in [0.2, 0.25) is 0 Å². The van der Waals surface area contributed by atoms with Crippen LogP contribution in [0.5, 0.6) is 5.75 Å². The van der Waals surface area contributed by atoms with Gasteiger partial charge in [-0.1, -0.05) is 12.1 Å². The SMILES string of the molecule is CC(Oc1ccccc1F)C(=O)N(C)C. The highest BCUT2D eigenvalue weighted by molar-refractivity contribution is 5.80. The molecule has 1 unspecified atom stereocenters. The molecule has 0 saturated carbocycles. The number of likely N-dealkylation sites (N-methyl/N-ethyl adjacent to an activating group) is 1. The van der Waals surface area contributed by atoms with E-state index in [1.54, 1.807) is 33.2 Å². The molecule has 4 heteroatoms. The molecular formula is C11H14FNO2. The quantitative estimate of drug-likeness (QED) is 0.761. The molecule has 0 aliphatic rings. The number of hydrogen-bond donors (Lipinski definition) is 0. The van der Waals surface area contributed by atoms with Crippen molar-refractivity contribution in [1.29, 1.82) is 0 Å². The number of amides is 1. The maximum atomic E-state index is 13.2. The highest BCUT2D eigenvalue weighted by Gasteiger charge is 2.17. The minimum atomic E-state index is -0.683. The van der Waals surface area contributed by atoms with Gasteiger partial charge >= 0.3 is 0 Å². The number of para-hydroxylation sites is 1. The Morgan fingerprint density at radius 1 is 1.40 bits per heavy atom. The van der Waals surface area contributed by atoms with Crippen molar-refractivity contribution in [1.82, 2.24) is 4.90 Å². The molecule has 0 heterocycles. The lowest BCUT2D eigenvalue weighted by Gasteiger charge is -2.18. The van der Waals surface area contributed by atoms with Crippen molar-refractivity contribution in [3.8, 4) is 5.75 Å². The van der Waals surface area contributed by atoms with E-state index in [9.17, 15) is 9.18 Å². The Kier molecular flexibility index (Phi) is 3.66. The number of rotatable bonds is 3. The van der Waals surface area contributed by atoms with Crippen molar-refractivity contribution in [3.05, 3.63) is 30.1 Å². The topological polar surface area (TPSA) is 29.5 Å². The van der Waals surface area contributed by atoms with Crippen LogP contribution in [0.1, 0.15) is 6.92 Å². The van der Waals surface area contributed by atoms with Crippen LogP contribution < -0.4 is 4.74 Å². The van der Waals surface area contributed by atoms with E-state index < -0.39 is 11.9 Å². The van der Waals surface area contributed by atoms with Crippen LogP contribution >= 0.6 is 0 Å². The zero-order valence-corrected chi connectivity index (χ0v) is 9.03. The summed E-state index contributed by atoms with van der Waals surface area (Å²) >= 11 is 0. The molecule has 0 aliphatic heterocycles. The maximum Gasteiger partial charge on any atom is 0.262 e. The minimum Gasteiger partial charge on any atom is -0.478 e. The maximum absolute atomic E-state index is 13.2. The molecule has 0 saturated heterocycles. The Balaban J connectivity index is 2.71. The van der Waals surface area contributed by atoms with Gasteiger partial charge in [0, 0.05) is 14.1 Å². The van der Waals surface area contributed by atoms with E-state index in [0.29, 0.717) is 0 Å². The van der Waals surface area contributed by atoms with Crippen LogP contribution in [0.25, 0.3) is 0 Å². The summed E-state index contributed by atoms with van der Waals surface area (Å²) < 4.78 is 18.4. The first-order valence-corrected chi connectivity index (χ1v) is 4.64. The highest BCUT2D eigenvalue weighted by Crippen LogP contribution is 2.17. The fourth-order valence-corrected chi connectivity index (χ4v) is 1.14. The summed E-state index contributed by atoms with van der Waals surface area (Å²) in [6.07, 6.45) is -0.683. The Morgan fingerprint density at radius 2 is 2.00 bits per heavy atom. The Bertz CT molecular complexity index is 352. The summed E-state index contributed by atoms with van der Waals surface area (Å²) in [5.74, 6) is -0.561. The van der Waals surface area contributed by atoms with Crippen LogP contribution in [0.2, 0.25) is 0 Å². The molecule has 1 aromatic rings. The van der Waals surface area contributed by atoms with Gasteiger partial charge in [-0.3, -0.25) is 4.79 Å². The molecule has 0 radical (unpaired) electrons. The molecule has 1 aromatic carbocycles. The smallest absolute Gasteiger partial charge is 0.262 e. The number of halogens is 1. The van der Waals surface area contributed by atoms with E-state index in [4.69, 9.17) is 4.74 Å². The van der Waals surface area contributed by atoms with Gasteiger partial charge in [0.05, 0.1) is 0 Å². The largest absolute Gasteiger partial charge is 0.478 e. The second-order valence-electron chi connectivity index (χ2n) is 3.42. The van der Waals surface area contributed by atoms with E-state index in [1.807, 2.05) is 0 Å². The van der Waals surface area contributed by atoms with Crippen molar-refractivity contribution < 1.29 is 13.9 Å². The third kappa shape index (κ3) is 2.94. The Labute approximate surface area is 88.5 Å². The van der Waals surface area contributed by atoms with Crippen LogP contribution in [0.4, 0.5) is 4.39 Å². The predicted molar refractivity (Wildman–Crippen MR) is 55.2 cm³/mol. The molecule has 0 aliphatic carbocycles. The third-order valence-electron chi connectivity index (χ3n) is 1.93. The summed E-state index contributed by atoms with van der Waals surface area (Å²) in [6, 6.07) is 6.02. The van der Waals surface area contributed by atoms with E-state index in [2.05, 4.69) is 0 Å². The molecule has 1 rings (SSSR count). The van der Waals surface area contributed by atoms with Gasteiger partial charge in [0.15, 0.2) is 17.7 Å². The zero-order chi connectivity index (χ0) is 11.4. The van der Waals surface area contributed by atoms with E-state index in [0.717, 1.165) is 0 Å². The van der Waals surface area contributed by atoms with Crippen LogP contribution in [-0.4, -0.2) is 31.0 Å². The molecule has 82 valence electrons. The van der Waals surface area contributed by atoms with Gasteiger partial charge in [0.1, 0.15) is 0 Å². The minimum absolute atomic E-state index is 0.0974. The lowest BCUT2D eigenvalue weighted by Crippen LogP contribution is -2.35. The van der Waals surface area contributed by atoms with Gasteiger partial charge in [0.25, 0.3) is 5.91 Å². The molecule has 15 heavy (non-hydrogen) atoms. The molecule has 0 aromatic heterocycles. The Hall–Kier alpha value is -1.58. The summed E-state index contributed by atoms with van der Waals surface area (Å²) in [5, 5.41) is 0. The van der Waals surface area contributed by atoms with Crippen molar-refractivity contribution in [2.75, 3.05) is 14.1 Å². The lowest BCUT2D eigenvalue weighted by atomic mass is 10.3. The first kappa shape index (κ1) is 11.5. The number of benzene rings is 1. The van der Waals surface area contributed by atoms with Gasteiger partial charge in [-0.05, 0) is 19.1 Å². The standard InChI is InChI=1S/C11H14FNO2/c1-8(11(14)13(2)3)15-10-7-5-4-6-9(10)12/h4-8H,1-3H3. The number of nitrogens with zero attached hydrogens (tertiary/aromatic N) is 1. The van der Waals surface area contributed by atoms with E-state index >= 15 is 0 Å². The third-order valence-corrected chi connectivity index (χ3v) is 1.93. The van der Waals surface area contributed by atoms with Crippen LogP contribution in [0.3, 0.4) is 0 Å². The number of carbonyl (C=O) groups is 1. The van der Waals surface area contributed by atoms with E-state index in [1.165, 1.54) is 17.0 Å². The number of hydrogen-bond acceptors (Lipinski definition) is 2. The van der Waals surface area contributed by atoms with Crippen LogP contribution in [0, 0.1) is 5.82 Å². The summed E-state index contributed by atoms with van der Waals surface area (Å²) in [4.78, 5) is 12.8. The summed E-state index contributed by atoms with van der Waals surface area (Å²) in [5.41, 5.74) is 0. The fraction of sp³-hybridized carbons (Fsp3) is 0.364. The van der Waals surface area contributed by atoms with Crippen molar-refractivity contribution in [2.24, 2.45) is 0 Å². The summed E-state index contributed by atoms with van der Waals surface area (Å²) in [6.45, 7) is 1.59. The monoisotopic (exact) mass is 211 g/mol. The number of carbonyl (C=O) groups excluding carboxylic acids is 1. The van der Waals surface area contributed by atoms with Crippen molar-refractivity contribution >= 4 is 5.91 Å². The lowest BCUT2D eigenvalue weighted by molar-refractivity contribution is -0.135. The molecule has 3 nitrogen and oxygen atoms in total. The van der Waals surface area contributed by atoms with Gasteiger partial charge in [-0.2, -0.15) is 0 Å². The van der Waals surface area contributed by atoms with Crippen LogP contribution in [0.15, 0.2) is 24.3 Å². The zero-order valence-electron chi connectivity index (χ0n) is 9.03. The second kappa shape index (κ2) is 4.77. The van der Waals surface area contributed by atoms with Crippen molar-refractivity contribution in [2.45, 2.75) is 13.0 Å². The van der Waals surface area contributed by atoms with E-state index in [-0.39, 0.29) is 11.7 Å². The average Bonchev–Trinajstić information content (AvgIpc) is 2.20. The first-order valence-electron chi connectivity index (χ1n) is 4.64. The average molecular weight is 211 g/mol. The molecule has 0 bridgehead atoms. The molecule has 1 amide bonds. The molecule has 0 N–H and O–H groups in total. The Morgan fingerprint density at radius 3 is 2.53 bits per heavy atom. The predicted octanol–water partition coefficient (Wildman–Crippen LogP) is 1.68. The van der Waals surface area contributed by atoms with Gasteiger partial charge < -0.3 is 9.64 Å². The first-order chi connectivity index (χ1) is 7.02.